The van der Waals surface area contributed by atoms with Gasteiger partial charge in [-0.2, -0.15) is 26.3 Å². The van der Waals surface area contributed by atoms with E-state index in [4.69, 9.17) is 0 Å². The summed E-state index contributed by atoms with van der Waals surface area (Å²) in [7, 11) is 0. The summed E-state index contributed by atoms with van der Waals surface area (Å²) in [5.74, 6) is -0.395. The van der Waals surface area contributed by atoms with Gasteiger partial charge in [-0.25, -0.2) is 14.8 Å². The summed E-state index contributed by atoms with van der Waals surface area (Å²) in [6, 6.07) is 2.82. The van der Waals surface area contributed by atoms with Crippen molar-refractivity contribution in [1.82, 2.24) is 15.3 Å². The molecule has 4 heterocycles. The van der Waals surface area contributed by atoms with E-state index in [9.17, 15) is 31.1 Å². The monoisotopic (exact) mass is 487 g/mol. The number of hydrogen-bond donors (Lipinski definition) is 2. The van der Waals surface area contributed by atoms with Crippen molar-refractivity contribution in [3.8, 4) is 11.3 Å². The zero-order valence-corrected chi connectivity index (χ0v) is 17.5. The van der Waals surface area contributed by atoms with Gasteiger partial charge in [-0.1, -0.05) is 0 Å². The zero-order chi connectivity index (χ0) is 24.3. The van der Waals surface area contributed by atoms with Crippen LogP contribution in [-0.2, 0) is 10.9 Å². The van der Waals surface area contributed by atoms with Gasteiger partial charge in [0.2, 0.25) is 6.10 Å². The Kier molecular flexibility index (Phi) is 5.34. The maximum absolute atomic E-state index is 13.8. The molecule has 3 atom stereocenters. The van der Waals surface area contributed by atoms with Crippen LogP contribution in [-0.4, -0.2) is 47.4 Å². The van der Waals surface area contributed by atoms with Crippen LogP contribution in [0, 0.1) is 0 Å². The molecular weight excluding hydrogens is 468 g/mol. The predicted octanol–water partition coefficient (Wildman–Crippen LogP) is 4.66. The second-order valence-electron chi connectivity index (χ2n) is 8.42. The number of amides is 1. The van der Waals surface area contributed by atoms with Crippen LogP contribution in [0.3, 0.4) is 0 Å². The van der Waals surface area contributed by atoms with Gasteiger partial charge in [-0.15, -0.1) is 0 Å². The number of rotatable bonds is 2. The van der Waals surface area contributed by atoms with Crippen LogP contribution in [0.15, 0.2) is 24.4 Å². The third-order valence-electron chi connectivity index (χ3n) is 6.34. The molecule has 5 rings (SSSR count). The lowest BCUT2D eigenvalue weighted by atomic mass is 9.98. The Morgan fingerprint density at radius 2 is 1.91 bits per heavy atom. The number of cyclic esters (lactones) is 1. The van der Waals surface area contributed by atoms with Crippen molar-refractivity contribution >= 4 is 17.7 Å². The van der Waals surface area contributed by atoms with Crippen LogP contribution in [0.4, 0.5) is 42.8 Å². The molecule has 2 aliphatic heterocycles. The summed E-state index contributed by atoms with van der Waals surface area (Å²) in [6.07, 6.45) is -10.1. The van der Waals surface area contributed by atoms with E-state index in [1.165, 1.54) is 0 Å². The first kappa shape index (κ1) is 22.7. The first-order chi connectivity index (χ1) is 16.0. The van der Waals surface area contributed by atoms with Crippen molar-refractivity contribution < 1.29 is 35.9 Å². The molecule has 1 aliphatic carbocycles. The standard InChI is InChI=1S/C21H19F6N5O2/c22-20(23,24)10-8-13(30-15(9-10)32-7-6-28-12-2-1-3-14(12)32)11-4-5-29-18-16(11)17(21(25,26)27)34-19(33)31-18/h4-5,8-9,12,14,17,28H,1-3,6-7H2,(H,29,31,33). The number of carbonyl (C=O) groups excluding carboxylic acids is 1. The van der Waals surface area contributed by atoms with Crippen molar-refractivity contribution in [2.75, 3.05) is 23.3 Å². The van der Waals surface area contributed by atoms with Crippen LogP contribution >= 0.6 is 0 Å². The van der Waals surface area contributed by atoms with Crippen LogP contribution in [0.1, 0.15) is 36.5 Å². The quantitative estimate of drug-likeness (QED) is 0.600. The fourth-order valence-corrected chi connectivity index (χ4v) is 4.92. The second kappa shape index (κ2) is 8.00. The predicted molar refractivity (Wildman–Crippen MR) is 108 cm³/mol. The van der Waals surface area contributed by atoms with Gasteiger partial charge in [-0.05, 0) is 37.5 Å². The summed E-state index contributed by atoms with van der Waals surface area (Å²) >= 11 is 0. The minimum absolute atomic E-state index is 0.0399. The molecule has 2 fully saturated rings. The van der Waals surface area contributed by atoms with E-state index in [1.54, 1.807) is 4.90 Å². The first-order valence-electron chi connectivity index (χ1n) is 10.7. The van der Waals surface area contributed by atoms with E-state index in [-0.39, 0.29) is 29.2 Å². The molecule has 1 saturated heterocycles. The van der Waals surface area contributed by atoms with Crippen LogP contribution in [0.2, 0.25) is 0 Å². The van der Waals surface area contributed by atoms with E-state index in [2.05, 4.69) is 25.3 Å². The molecule has 182 valence electrons. The number of piperazine rings is 1. The second-order valence-corrected chi connectivity index (χ2v) is 8.42. The number of halogens is 6. The van der Waals surface area contributed by atoms with Gasteiger partial charge in [0.15, 0.2) is 0 Å². The molecular formula is C21H19F6N5O2. The SMILES string of the molecule is O=C1Nc2nccc(-c3cc(C(F)(F)F)cc(N4CCNC5CCCC54)n3)c2C(C(F)(F)F)O1. The third kappa shape index (κ3) is 4.01. The molecule has 1 amide bonds. The molecule has 13 heteroatoms. The van der Waals surface area contributed by atoms with E-state index >= 15 is 0 Å². The molecule has 2 N–H and O–H groups in total. The highest BCUT2D eigenvalue weighted by Gasteiger charge is 2.49. The van der Waals surface area contributed by atoms with Crippen molar-refractivity contribution in [2.45, 2.75) is 49.8 Å². The first-order valence-corrected chi connectivity index (χ1v) is 10.7. The van der Waals surface area contributed by atoms with Gasteiger partial charge in [-0.3, -0.25) is 5.32 Å². The van der Waals surface area contributed by atoms with Crippen molar-refractivity contribution in [3.05, 3.63) is 35.5 Å². The van der Waals surface area contributed by atoms with Crippen LogP contribution in [0.25, 0.3) is 11.3 Å². The lowest BCUT2D eigenvalue weighted by Crippen LogP contribution is -2.55. The number of aromatic nitrogens is 2. The molecule has 0 aromatic carbocycles. The Morgan fingerprint density at radius 3 is 2.65 bits per heavy atom. The number of pyridine rings is 2. The molecule has 7 nitrogen and oxygen atoms in total. The topological polar surface area (TPSA) is 79.4 Å². The maximum atomic E-state index is 13.8. The minimum atomic E-state index is -5.01. The number of nitrogens with zero attached hydrogens (tertiary/aromatic N) is 3. The normalized spacial score (nSPS) is 24.8. The number of carbonyl (C=O) groups is 1. The molecule has 0 spiro atoms. The zero-order valence-electron chi connectivity index (χ0n) is 17.5. The lowest BCUT2D eigenvalue weighted by molar-refractivity contribution is -0.206. The van der Waals surface area contributed by atoms with E-state index < -0.39 is 41.5 Å². The molecule has 1 saturated carbocycles. The number of fused-ring (bicyclic) bond motifs is 2. The number of hydrogen-bond acceptors (Lipinski definition) is 6. The smallest absolute Gasteiger partial charge is 0.430 e. The summed E-state index contributed by atoms with van der Waals surface area (Å²) in [5.41, 5.74) is -2.19. The fraction of sp³-hybridized carbons (Fsp3) is 0.476. The van der Waals surface area contributed by atoms with Crippen molar-refractivity contribution in [1.29, 1.82) is 0 Å². The number of ether oxygens (including phenoxy) is 1. The third-order valence-corrected chi connectivity index (χ3v) is 6.34. The Hall–Kier alpha value is -3.09. The van der Waals surface area contributed by atoms with Gasteiger partial charge >= 0.3 is 18.4 Å². The summed E-state index contributed by atoms with van der Waals surface area (Å²) in [4.78, 5) is 21.6. The number of alkyl halides is 6. The van der Waals surface area contributed by atoms with Gasteiger partial charge in [0.1, 0.15) is 11.6 Å². The van der Waals surface area contributed by atoms with E-state index in [0.717, 1.165) is 37.6 Å². The highest BCUT2D eigenvalue weighted by atomic mass is 19.4. The van der Waals surface area contributed by atoms with Gasteiger partial charge < -0.3 is 15.0 Å². The Morgan fingerprint density at radius 1 is 1.12 bits per heavy atom. The minimum Gasteiger partial charge on any atom is -0.431 e. The van der Waals surface area contributed by atoms with Gasteiger partial charge in [0.05, 0.1) is 16.8 Å². The summed E-state index contributed by atoms with van der Waals surface area (Å²) in [5, 5.41) is 5.44. The average Bonchev–Trinajstić information content (AvgIpc) is 3.25. The molecule has 2 aromatic rings. The molecule has 2 aromatic heterocycles. The summed E-state index contributed by atoms with van der Waals surface area (Å²) in [6.45, 7) is 0.961. The maximum Gasteiger partial charge on any atom is 0.430 e. The molecule has 0 radical (unpaired) electrons. The molecule has 3 unspecified atom stereocenters. The highest BCUT2D eigenvalue weighted by Crippen LogP contribution is 2.46. The van der Waals surface area contributed by atoms with Crippen LogP contribution in [0.5, 0.6) is 0 Å². The Bertz CT molecular complexity index is 1120. The lowest BCUT2D eigenvalue weighted by Gasteiger charge is -2.39. The largest absolute Gasteiger partial charge is 0.431 e. The Balaban J connectivity index is 1.67. The number of nitrogens with one attached hydrogen (secondary N) is 2. The van der Waals surface area contributed by atoms with E-state index in [1.807, 2.05) is 0 Å². The van der Waals surface area contributed by atoms with Gasteiger partial charge in [0.25, 0.3) is 0 Å². The van der Waals surface area contributed by atoms with Gasteiger partial charge in [0, 0.05) is 36.9 Å². The Labute approximate surface area is 189 Å². The van der Waals surface area contributed by atoms with Crippen molar-refractivity contribution in [3.63, 3.8) is 0 Å². The molecule has 3 aliphatic rings. The van der Waals surface area contributed by atoms with Crippen LogP contribution < -0.4 is 15.5 Å². The fourth-order valence-electron chi connectivity index (χ4n) is 4.92. The summed E-state index contributed by atoms with van der Waals surface area (Å²) < 4.78 is 87.1. The van der Waals surface area contributed by atoms with E-state index in [0.29, 0.717) is 19.2 Å². The average molecular weight is 487 g/mol. The van der Waals surface area contributed by atoms with Crippen molar-refractivity contribution in [2.24, 2.45) is 0 Å². The molecule has 0 bridgehead atoms. The molecule has 34 heavy (non-hydrogen) atoms. The highest BCUT2D eigenvalue weighted by molar-refractivity contribution is 5.89. The number of anilines is 2.